The molecule has 1 aromatic heterocycles. The van der Waals surface area contributed by atoms with Gasteiger partial charge >= 0.3 is 5.97 Å². The molecule has 0 saturated heterocycles. The van der Waals surface area contributed by atoms with E-state index in [1.807, 2.05) is 0 Å². The molecule has 0 bridgehead atoms. The van der Waals surface area contributed by atoms with Gasteiger partial charge < -0.3 is 4.74 Å². The van der Waals surface area contributed by atoms with Crippen molar-refractivity contribution < 1.29 is 17.9 Å². The van der Waals surface area contributed by atoms with Gasteiger partial charge in [0.1, 0.15) is 9.09 Å². The molecule has 1 rings (SSSR count). The van der Waals surface area contributed by atoms with Gasteiger partial charge in [0.25, 0.3) is 10.0 Å². The van der Waals surface area contributed by atoms with Crippen LogP contribution in [-0.2, 0) is 20.1 Å². The lowest BCUT2D eigenvalue weighted by atomic mass is 10.1. The second-order valence-corrected chi connectivity index (χ2v) is 8.39. The van der Waals surface area contributed by atoms with Crippen molar-refractivity contribution in [2.75, 3.05) is 7.11 Å². The van der Waals surface area contributed by atoms with E-state index in [0.29, 0.717) is 10.9 Å². The Morgan fingerprint density at radius 3 is 2.47 bits per heavy atom. The first kappa shape index (κ1) is 16.6. The minimum Gasteiger partial charge on any atom is -0.465 e. The zero-order valence-corrected chi connectivity index (χ0v) is 14.3. The van der Waals surface area contributed by atoms with Crippen LogP contribution in [0.2, 0.25) is 0 Å². The number of halogens is 1. The van der Waals surface area contributed by atoms with Crippen molar-refractivity contribution in [1.82, 2.24) is 4.72 Å². The predicted octanol–water partition coefficient (Wildman–Crippen LogP) is 2.51. The highest BCUT2D eigenvalue weighted by molar-refractivity contribution is 9.08. The van der Waals surface area contributed by atoms with Crippen LogP contribution in [0, 0.1) is 0 Å². The van der Waals surface area contributed by atoms with E-state index in [4.69, 9.17) is 0 Å². The maximum atomic E-state index is 12.3. The fourth-order valence-electron chi connectivity index (χ4n) is 1.38. The summed E-state index contributed by atoms with van der Waals surface area (Å²) in [5.41, 5.74) is -0.0418. The first-order chi connectivity index (χ1) is 8.60. The van der Waals surface area contributed by atoms with Gasteiger partial charge in [0.15, 0.2) is 0 Å². The van der Waals surface area contributed by atoms with Gasteiger partial charge in [0.05, 0.1) is 7.11 Å². The maximum Gasteiger partial charge on any atom is 0.348 e. The molecule has 1 N–H and O–H groups in total. The maximum absolute atomic E-state index is 12.3. The van der Waals surface area contributed by atoms with Crippen LogP contribution < -0.4 is 4.72 Å². The fourth-order valence-corrected chi connectivity index (χ4v) is 5.23. The number of alkyl halides is 1. The second kappa shape index (κ2) is 5.90. The molecular formula is C11H16BrNO4S2. The number of carbonyl (C=O) groups is 1. The van der Waals surface area contributed by atoms with Crippen molar-refractivity contribution in [3.63, 3.8) is 0 Å². The molecule has 0 aromatic carbocycles. The zero-order chi connectivity index (χ0) is 14.8. The standard InChI is InChI=1S/C11H16BrNO4S2/c1-11(2,3)13-19(15,16)10-7(6-12)5-8(18-10)9(14)17-4/h5,13H,6H2,1-4H3. The Bertz CT molecular complexity index is 572. The number of thiophene rings is 1. The number of methoxy groups -OCH3 is 1. The largest absolute Gasteiger partial charge is 0.465 e. The van der Waals surface area contributed by atoms with Crippen molar-refractivity contribution in [1.29, 1.82) is 0 Å². The summed E-state index contributed by atoms with van der Waals surface area (Å²) in [6.45, 7) is 5.27. The highest BCUT2D eigenvalue weighted by atomic mass is 79.9. The van der Waals surface area contributed by atoms with Gasteiger partial charge in [-0.25, -0.2) is 17.9 Å². The normalized spacial score (nSPS) is 12.5. The monoisotopic (exact) mass is 369 g/mol. The van der Waals surface area contributed by atoms with Crippen LogP contribution in [0.5, 0.6) is 0 Å². The predicted molar refractivity (Wildman–Crippen MR) is 78.4 cm³/mol. The number of hydrogen-bond donors (Lipinski definition) is 1. The number of sulfonamides is 1. The van der Waals surface area contributed by atoms with Crippen LogP contribution in [0.25, 0.3) is 0 Å². The highest BCUT2D eigenvalue weighted by Crippen LogP contribution is 2.30. The van der Waals surface area contributed by atoms with E-state index in [2.05, 4.69) is 25.4 Å². The number of rotatable bonds is 4. The number of nitrogens with one attached hydrogen (secondary N) is 1. The Labute approximate surface area is 125 Å². The number of ether oxygens (including phenoxy) is 1. The minimum absolute atomic E-state index is 0.139. The third-order valence-electron chi connectivity index (χ3n) is 1.99. The Morgan fingerprint density at radius 1 is 1.47 bits per heavy atom. The van der Waals surface area contributed by atoms with Crippen molar-refractivity contribution in [3.8, 4) is 0 Å². The van der Waals surface area contributed by atoms with Crippen LogP contribution in [-0.4, -0.2) is 27.0 Å². The van der Waals surface area contributed by atoms with Crippen LogP contribution in [0.1, 0.15) is 36.0 Å². The summed E-state index contributed by atoms with van der Waals surface area (Å²) in [5.74, 6) is -0.538. The average molecular weight is 370 g/mol. The van der Waals surface area contributed by atoms with E-state index >= 15 is 0 Å². The molecule has 1 heterocycles. The quantitative estimate of drug-likeness (QED) is 0.653. The fraction of sp³-hybridized carbons (Fsp3) is 0.545. The molecule has 0 aliphatic carbocycles. The van der Waals surface area contributed by atoms with E-state index in [-0.39, 0.29) is 9.09 Å². The summed E-state index contributed by atoms with van der Waals surface area (Å²) in [6.07, 6.45) is 0. The van der Waals surface area contributed by atoms with E-state index in [1.165, 1.54) is 13.2 Å². The summed E-state index contributed by atoms with van der Waals surface area (Å²) in [5, 5.41) is 0.348. The van der Waals surface area contributed by atoms with Crippen molar-refractivity contribution in [3.05, 3.63) is 16.5 Å². The summed E-state index contributed by atoms with van der Waals surface area (Å²) in [7, 11) is -2.39. The third-order valence-corrected chi connectivity index (χ3v) is 6.08. The molecule has 0 saturated carbocycles. The van der Waals surface area contributed by atoms with Crippen LogP contribution in [0.3, 0.4) is 0 Å². The van der Waals surface area contributed by atoms with Crippen LogP contribution >= 0.6 is 27.3 Å². The molecule has 5 nitrogen and oxygen atoms in total. The molecule has 1 aromatic rings. The molecule has 0 atom stereocenters. The molecule has 0 amide bonds. The third kappa shape index (κ3) is 4.27. The van der Waals surface area contributed by atoms with Gasteiger partial charge in [-0.15, -0.1) is 11.3 Å². The van der Waals surface area contributed by atoms with Gasteiger partial charge in [0.2, 0.25) is 0 Å². The van der Waals surface area contributed by atoms with E-state index in [0.717, 1.165) is 11.3 Å². The molecule has 108 valence electrons. The molecule has 0 radical (unpaired) electrons. The highest BCUT2D eigenvalue weighted by Gasteiger charge is 2.28. The van der Waals surface area contributed by atoms with Gasteiger partial charge in [-0.05, 0) is 32.4 Å². The van der Waals surface area contributed by atoms with Crippen LogP contribution in [0.4, 0.5) is 0 Å². The Kier molecular flexibility index (Phi) is 5.16. The van der Waals surface area contributed by atoms with Crippen molar-refractivity contribution >= 4 is 43.3 Å². The lowest BCUT2D eigenvalue weighted by molar-refractivity contribution is 0.0606. The number of carbonyl (C=O) groups excluding carboxylic acids is 1. The molecule has 0 fully saturated rings. The molecule has 0 aliphatic heterocycles. The van der Waals surface area contributed by atoms with Crippen molar-refractivity contribution in [2.24, 2.45) is 0 Å². The summed E-state index contributed by atoms with van der Waals surface area (Å²) in [6, 6.07) is 1.53. The SMILES string of the molecule is COC(=O)c1cc(CBr)c(S(=O)(=O)NC(C)(C)C)s1. The zero-order valence-electron chi connectivity index (χ0n) is 11.1. The Morgan fingerprint density at radius 2 is 2.05 bits per heavy atom. The van der Waals surface area contributed by atoms with Gasteiger partial charge in [-0.2, -0.15) is 0 Å². The number of esters is 1. The van der Waals surface area contributed by atoms with E-state index < -0.39 is 21.5 Å². The lowest BCUT2D eigenvalue weighted by Gasteiger charge is -2.20. The first-order valence-corrected chi connectivity index (χ1v) is 8.84. The Hall–Kier alpha value is -0.440. The minimum atomic E-state index is -3.65. The number of hydrogen-bond acceptors (Lipinski definition) is 5. The lowest BCUT2D eigenvalue weighted by Crippen LogP contribution is -2.40. The topological polar surface area (TPSA) is 72.5 Å². The molecular weight excluding hydrogens is 354 g/mol. The molecule has 0 aliphatic rings. The van der Waals surface area contributed by atoms with E-state index in [1.54, 1.807) is 20.8 Å². The van der Waals surface area contributed by atoms with Gasteiger partial charge in [0, 0.05) is 10.9 Å². The average Bonchev–Trinajstić information content (AvgIpc) is 2.69. The Balaban J connectivity index is 3.26. The van der Waals surface area contributed by atoms with Crippen molar-refractivity contribution in [2.45, 2.75) is 35.8 Å². The first-order valence-electron chi connectivity index (χ1n) is 5.41. The summed E-state index contributed by atoms with van der Waals surface area (Å²) in [4.78, 5) is 11.7. The second-order valence-electron chi connectivity index (χ2n) is 4.90. The van der Waals surface area contributed by atoms with Gasteiger partial charge in [-0.1, -0.05) is 15.9 Å². The summed E-state index contributed by atoms with van der Waals surface area (Å²) >= 11 is 4.14. The molecule has 19 heavy (non-hydrogen) atoms. The molecule has 0 spiro atoms. The molecule has 0 unspecified atom stereocenters. The van der Waals surface area contributed by atoms with Crippen LogP contribution in [0.15, 0.2) is 10.3 Å². The molecule has 8 heteroatoms. The summed E-state index contributed by atoms with van der Waals surface area (Å²) < 4.78 is 31.9. The van der Waals surface area contributed by atoms with E-state index in [9.17, 15) is 13.2 Å². The smallest absolute Gasteiger partial charge is 0.348 e. The van der Waals surface area contributed by atoms with Gasteiger partial charge in [-0.3, -0.25) is 0 Å².